The third kappa shape index (κ3) is 6.61. The number of thiophene rings is 1. The van der Waals surface area contributed by atoms with Gasteiger partial charge in [0.15, 0.2) is 6.10 Å². The Morgan fingerprint density at radius 2 is 1.88 bits per heavy atom. The number of thioether (sulfide) groups is 1. The van der Waals surface area contributed by atoms with Crippen LogP contribution in [0.15, 0.2) is 47.4 Å². The van der Waals surface area contributed by atoms with Gasteiger partial charge >= 0.3 is 5.97 Å². The van der Waals surface area contributed by atoms with Crippen molar-refractivity contribution >= 4 is 46.7 Å². The Hall–Kier alpha value is -2.19. The number of hydrogen-bond acceptors (Lipinski definition) is 5. The van der Waals surface area contributed by atoms with Gasteiger partial charge in [-0.1, -0.05) is 11.8 Å². The first kappa shape index (κ1) is 20.1. The van der Waals surface area contributed by atoms with E-state index in [9.17, 15) is 18.4 Å². The lowest BCUT2D eigenvalue weighted by Crippen LogP contribution is -2.29. The minimum Gasteiger partial charge on any atom is -0.449 e. The molecule has 0 radical (unpaired) electrons. The van der Waals surface area contributed by atoms with Crippen molar-refractivity contribution in [3.8, 4) is 0 Å². The van der Waals surface area contributed by atoms with Gasteiger partial charge in [0.25, 0.3) is 11.7 Å². The first-order chi connectivity index (χ1) is 12.3. The Balaban J connectivity index is 1.84. The summed E-state index contributed by atoms with van der Waals surface area (Å²) in [7, 11) is 0. The SMILES string of the molecule is Cc1ccc(/C=C/C(=O)O[C@@H](C)C(=O)Nc2ccc(SC(F)F)cc2)s1. The molecule has 0 saturated carbocycles. The van der Waals surface area contributed by atoms with Crippen LogP contribution in [0.4, 0.5) is 14.5 Å². The highest BCUT2D eigenvalue weighted by molar-refractivity contribution is 7.99. The molecule has 1 aromatic carbocycles. The van der Waals surface area contributed by atoms with Crippen molar-refractivity contribution in [3.63, 3.8) is 0 Å². The molecule has 0 bridgehead atoms. The lowest BCUT2D eigenvalue weighted by atomic mass is 10.3. The summed E-state index contributed by atoms with van der Waals surface area (Å²) in [6.45, 7) is 3.42. The lowest BCUT2D eigenvalue weighted by molar-refractivity contribution is -0.148. The molecular formula is C18H17F2NO3S2. The Labute approximate surface area is 158 Å². The number of nitrogens with one attached hydrogen (secondary N) is 1. The van der Waals surface area contributed by atoms with Gasteiger partial charge in [-0.15, -0.1) is 11.3 Å². The van der Waals surface area contributed by atoms with Crippen LogP contribution in [0.2, 0.25) is 0 Å². The maximum Gasteiger partial charge on any atom is 0.331 e. The van der Waals surface area contributed by atoms with Crippen molar-refractivity contribution in [2.75, 3.05) is 5.32 Å². The molecule has 0 aliphatic heterocycles. The van der Waals surface area contributed by atoms with Crippen LogP contribution in [-0.2, 0) is 14.3 Å². The maximum absolute atomic E-state index is 12.3. The van der Waals surface area contributed by atoms with Gasteiger partial charge in [0.05, 0.1) is 0 Å². The lowest BCUT2D eigenvalue weighted by Gasteiger charge is -2.12. The van der Waals surface area contributed by atoms with E-state index in [-0.39, 0.29) is 0 Å². The number of amides is 1. The van der Waals surface area contributed by atoms with Gasteiger partial charge in [0.1, 0.15) is 0 Å². The number of benzene rings is 1. The fourth-order valence-electron chi connectivity index (χ4n) is 1.92. The van der Waals surface area contributed by atoms with Crippen molar-refractivity contribution in [3.05, 3.63) is 52.2 Å². The van der Waals surface area contributed by atoms with Gasteiger partial charge in [0.2, 0.25) is 0 Å². The minimum atomic E-state index is -2.50. The monoisotopic (exact) mass is 397 g/mol. The Morgan fingerprint density at radius 3 is 2.46 bits per heavy atom. The zero-order valence-electron chi connectivity index (χ0n) is 14.1. The first-order valence-electron chi connectivity index (χ1n) is 7.64. The third-order valence-corrected chi connectivity index (χ3v) is 4.84. The van der Waals surface area contributed by atoms with E-state index in [1.54, 1.807) is 6.08 Å². The standard InChI is InChI=1S/C18H17F2NO3S2/c1-11-3-6-14(25-11)9-10-16(22)24-12(2)17(23)21-13-4-7-15(8-5-13)26-18(19)20/h3-10,12,18H,1-2H3,(H,21,23)/b10-9+/t12-/m0/s1. The Morgan fingerprint density at radius 1 is 1.19 bits per heavy atom. The molecule has 1 aromatic heterocycles. The predicted molar refractivity (Wildman–Crippen MR) is 101 cm³/mol. The molecule has 0 saturated heterocycles. The van der Waals surface area contributed by atoms with E-state index in [0.29, 0.717) is 22.3 Å². The van der Waals surface area contributed by atoms with Crippen molar-refractivity contribution in [1.29, 1.82) is 0 Å². The molecule has 1 heterocycles. The summed E-state index contributed by atoms with van der Waals surface area (Å²) in [5.74, 6) is -3.63. The van der Waals surface area contributed by atoms with Crippen molar-refractivity contribution in [2.45, 2.75) is 30.6 Å². The van der Waals surface area contributed by atoms with Crippen LogP contribution in [0, 0.1) is 6.92 Å². The summed E-state index contributed by atoms with van der Waals surface area (Å²) in [5.41, 5.74) is 0.432. The molecule has 8 heteroatoms. The summed E-state index contributed by atoms with van der Waals surface area (Å²) in [6, 6.07) is 9.81. The van der Waals surface area contributed by atoms with Gasteiger partial charge < -0.3 is 10.1 Å². The van der Waals surface area contributed by atoms with E-state index in [0.717, 1.165) is 9.75 Å². The largest absolute Gasteiger partial charge is 0.449 e. The second-order valence-electron chi connectivity index (χ2n) is 5.25. The van der Waals surface area contributed by atoms with E-state index < -0.39 is 23.7 Å². The van der Waals surface area contributed by atoms with Gasteiger partial charge in [-0.05, 0) is 56.3 Å². The number of halogens is 2. The topological polar surface area (TPSA) is 55.4 Å². The van der Waals surface area contributed by atoms with Crippen molar-refractivity contribution in [2.24, 2.45) is 0 Å². The minimum absolute atomic E-state index is 0.395. The molecule has 1 atom stereocenters. The molecule has 0 aliphatic rings. The molecule has 2 aromatic rings. The normalized spacial score (nSPS) is 12.3. The highest BCUT2D eigenvalue weighted by Crippen LogP contribution is 2.26. The highest BCUT2D eigenvalue weighted by Gasteiger charge is 2.17. The van der Waals surface area contributed by atoms with Gasteiger partial charge in [-0.3, -0.25) is 4.79 Å². The average molecular weight is 397 g/mol. The smallest absolute Gasteiger partial charge is 0.331 e. The predicted octanol–water partition coefficient (Wildman–Crippen LogP) is 4.95. The van der Waals surface area contributed by atoms with Crippen LogP contribution in [-0.4, -0.2) is 23.7 Å². The van der Waals surface area contributed by atoms with Crippen LogP contribution in [0.1, 0.15) is 16.7 Å². The molecule has 0 unspecified atom stereocenters. The second-order valence-corrected chi connectivity index (χ2v) is 7.64. The molecule has 2 rings (SSSR count). The fraction of sp³-hybridized carbons (Fsp3) is 0.222. The van der Waals surface area contributed by atoms with Crippen molar-refractivity contribution in [1.82, 2.24) is 0 Å². The fourth-order valence-corrected chi connectivity index (χ4v) is 3.20. The van der Waals surface area contributed by atoms with Gasteiger partial charge in [-0.2, -0.15) is 8.78 Å². The number of carbonyl (C=O) groups excluding carboxylic acids is 2. The second kappa shape index (κ2) is 9.49. The van der Waals surface area contributed by atoms with E-state index in [4.69, 9.17) is 4.74 Å². The molecule has 26 heavy (non-hydrogen) atoms. The molecule has 138 valence electrons. The highest BCUT2D eigenvalue weighted by atomic mass is 32.2. The summed E-state index contributed by atoms with van der Waals surface area (Å²) >= 11 is 1.96. The maximum atomic E-state index is 12.3. The third-order valence-electron chi connectivity index (χ3n) is 3.15. The summed E-state index contributed by atoms with van der Waals surface area (Å²) in [5, 5.41) is 2.57. The van der Waals surface area contributed by atoms with E-state index in [1.807, 2.05) is 19.1 Å². The number of rotatable bonds is 7. The average Bonchev–Trinajstić information content (AvgIpc) is 2.99. The number of anilines is 1. The number of aryl methyl sites for hydroxylation is 1. The number of hydrogen-bond donors (Lipinski definition) is 1. The number of alkyl halides is 2. The van der Waals surface area contributed by atoms with Crippen molar-refractivity contribution < 1.29 is 23.1 Å². The van der Waals surface area contributed by atoms with Crippen LogP contribution in [0.25, 0.3) is 6.08 Å². The van der Waals surface area contributed by atoms with Crippen LogP contribution >= 0.6 is 23.1 Å². The number of carbonyl (C=O) groups is 2. The quantitative estimate of drug-likeness (QED) is 0.408. The van der Waals surface area contributed by atoms with Crippen LogP contribution < -0.4 is 5.32 Å². The number of esters is 1. The molecule has 0 aliphatic carbocycles. The molecule has 0 fully saturated rings. The molecule has 0 spiro atoms. The Bertz CT molecular complexity index is 788. The zero-order chi connectivity index (χ0) is 19.1. The first-order valence-corrected chi connectivity index (χ1v) is 9.34. The summed E-state index contributed by atoms with van der Waals surface area (Å²) in [4.78, 5) is 26.3. The van der Waals surface area contributed by atoms with E-state index in [2.05, 4.69) is 5.32 Å². The van der Waals surface area contributed by atoms with Crippen LogP contribution in [0.3, 0.4) is 0 Å². The van der Waals surface area contributed by atoms with Gasteiger partial charge in [-0.25, -0.2) is 4.79 Å². The zero-order valence-corrected chi connectivity index (χ0v) is 15.7. The van der Waals surface area contributed by atoms with Gasteiger partial charge in [0, 0.05) is 26.4 Å². The molecule has 1 N–H and O–H groups in total. The Kier molecular flexibility index (Phi) is 7.35. The molecular weight excluding hydrogens is 380 g/mol. The van der Waals surface area contributed by atoms with E-state index in [1.165, 1.54) is 48.6 Å². The van der Waals surface area contributed by atoms with E-state index >= 15 is 0 Å². The summed E-state index contributed by atoms with van der Waals surface area (Å²) in [6.07, 6.45) is 1.91. The molecule has 4 nitrogen and oxygen atoms in total. The molecule has 1 amide bonds. The summed E-state index contributed by atoms with van der Waals surface area (Å²) < 4.78 is 29.6. The number of ether oxygens (including phenoxy) is 1. The van der Waals surface area contributed by atoms with Crippen LogP contribution in [0.5, 0.6) is 0 Å².